The van der Waals surface area contributed by atoms with Crippen molar-refractivity contribution in [2.24, 2.45) is 0 Å². The topological polar surface area (TPSA) is 42.0 Å². The molecule has 0 spiro atoms. The van der Waals surface area contributed by atoms with Gasteiger partial charge in [-0.1, -0.05) is 47.1 Å². The van der Waals surface area contributed by atoms with Crippen molar-refractivity contribution >= 4 is 38.9 Å². The van der Waals surface area contributed by atoms with Gasteiger partial charge in [0.15, 0.2) is 0 Å². The highest BCUT2D eigenvalue weighted by molar-refractivity contribution is 9.10. The molecule has 0 unspecified atom stereocenters. The normalized spacial score (nSPS) is 10.5. The number of amides is 1. The summed E-state index contributed by atoms with van der Waals surface area (Å²) in [4.78, 5) is 16.1. The van der Waals surface area contributed by atoms with E-state index in [0.29, 0.717) is 6.42 Å². The number of benzene rings is 2. The third-order valence-electron chi connectivity index (χ3n) is 3.38. The lowest BCUT2D eigenvalue weighted by atomic mass is 10.1. The van der Waals surface area contributed by atoms with Crippen LogP contribution in [-0.2, 0) is 4.79 Å². The van der Waals surface area contributed by atoms with Crippen LogP contribution >= 0.6 is 27.3 Å². The minimum Gasteiger partial charge on any atom is -0.326 e. The second-order valence-electron chi connectivity index (χ2n) is 5.02. The molecule has 1 aromatic heterocycles. The second kappa shape index (κ2) is 7.06. The van der Waals surface area contributed by atoms with Crippen LogP contribution in [0.2, 0.25) is 0 Å². The van der Waals surface area contributed by atoms with Crippen molar-refractivity contribution in [3.8, 4) is 21.8 Å². The molecule has 1 heterocycles. The number of nitrogens with zero attached hydrogens (tertiary/aromatic N) is 1. The first-order valence-corrected chi connectivity index (χ1v) is 8.94. The molecule has 0 saturated heterocycles. The third-order valence-corrected chi connectivity index (χ3v) is 4.80. The number of thiazole rings is 1. The van der Waals surface area contributed by atoms with Crippen LogP contribution in [0.1, 0.15) is 13.3 Å². The van der Waals surface area contributed by atoms with Gasteiger partial charge < -0.3 is 5.32 Å². The molecule has 3 nitrogen and oxygen atoms in total. The van der Waals surface area contributed by atoms with Crippen LogP contribution in [0.4, 0.5) is 5.69 Å². The Bertz CT molecular complexity index is 810. The highest BCUT2D eigenvalue weighted by Gasteiger charge is 2.07. The molecule has 0 aliphatic rings. The van der Waals surface area contributed by atoms with Crippen LogP contribution in [0.3, 0.4) is 0 Å². The summed E-state index contributed by atoms with van der Waals surface area (Å²) in [6, 6.07) is 15.9. The first kappa shape index (κ1) is 15.9. The minimum absolute atomic E-state index is 0.0175. The van der Waals surface area contributed by atoms with E-state index in [0.717, 1.165) is 32.0 Å². The van der Waals surface area contributed by atoms with Crippen molar-refractivity contribution < 1.29 is 4.79 Å². The summed E-state index contributed by atoms with van der Waals surface area (Å²) in [6.45, 7) is 1.84. The lowest BCUT2D eigenvalue weighted by Crippen LogP contribution is -2.08. The minimum atomic E-state index is 0.0175. The highest BCUT2D eigenvalue weighted by Crippen LogP contribution is 2.30. The molecule has 0 atom stereocenters. The predicted octanol–water partition coefficient (Wildman–Crippen LogP) is 5.59. The van der Waals surface area contributed by atoms with E-state index in [-0.39, 0.29) is 5.91 Å². The van der Waals surface area contributed by atoms with Crippen LogP contribution in [0.5, 0.6) is 0 Å². The van der Waals surface area contributed by atoms with Crippen molar-refractivity contribution in [1.29, 1.82) is 0 Å². The molecule has 0 aliphatic carbocycles. The van der Waals surface area contributed by atoms with Gasteiger partial charge in [0.25, 0.3) is 0 Å². The predicted molar refractivity (Wildman–Crippen MR) is 99.6 cm³/mol. The molecule has 0 bridgehead atoms. The van der Waals surface area contributed by atoms with Crippen molar-refractivity contribution in [2.75, 3.05) is 5.32 Å². The molecule has 3 aromatic rings. The van der Waals surface area contributed by atoms with Crippen LogP contribution < -0.4 is 5.32 Å². The van der Waals surface area contributed by atoms with E-state index in [1.54, 1.807) is 11.3 Å². The first-order valence-electron chi connectivity index (χ1n) is 7.27. The molecule has 0 fully saturated rings. The lowest BCUT2D eigenvalue weighted by Gasteiger charge is -2.04. The Hall–Kier alpha value is -1.98. The summed E-state index contributed by atoms with van der Waals surface area (Å²) in [5, 5.41) is 5.89. The fourth-order valence-electron chi connectivity index (χ4n) is 2.11. The van der Waals surface area contributed by atoms with E-state index in [4.69, 9.17) is 4.98 Å². The molecule has 116 valence electrons. The van der Waals surface area contributed by atoms with Gasteiger partial charge in [-0.05, 0) is 24.3 Å². The van der Waals surface area contributed by atoms with E-state index in [9.17, 15) is 4.79 Å². The number of carbonyl (C=O) groups excluding carboxylic acids is 1. The van der Waals surface area contributed by atoms with Crippen LogP contribution in [0.25, 0.3) is 21.8 Å². The molecule has 5 heteroatoms. The van der Waals surface area contributed by atoms with Crippen molar-refractivity contribution in [1.82, 2.24) is 4.98 Å². The Morgan fingerprint density at radius 2 is 1.74 bits per heavy atom. The fraction of sp³-hybridized carbons (Fsp3) is 0.111. The third kappa shape index (κ3) is 3.86. The number of hydrogen-bond acceptors (Lipinski definition) is 3. The quantitative estimate of drug-likeness (QED) is 0.634. The number of nitrogens with one attached hydrogen (secondary N) is 1. The smallest absolute Gasteiger partial charge is 0.224 e. The summed E-state index contributed by atoms with van der Waals surface area (Å²) >= 11 is 5.07. The zero-order valence-corrected chi connectivity index (χ0v) is 14.9. The second-order valence-corrected chi connectivity index (χ2v) is 6.80. The molecule has 3 rings (SSSR count). The summed E-state index contributed by atoms with van der Waals surface area (Å²) in [5.41, 5.74) is 3.90. The monoisotopic (exact) mass is 386 g/mol. The molecular weight excluding hydrogens is 372 g/mol. The van der Waals surface area contributed by atoms with E-state index in [1.807, 2.05) is 43.3 Å². The van der Waals surface area contributed by atoms with Gasteiger partial charge in [0.05, 0.1) is 5.69 Å². The zero-order valence-electron chi connectivity index (χ0n) is 12.5. The van der Waals surface area contributed by atoms with Gasteiger partial charge in [-0.15, -0.1) is 11.3 Å². The van der Waals surface area contributed by atoms with Gasteiger partial charge >= 0.3 is 0 Å². The standard InChI is InChI=1S/C18H15BrN2OS/c1-2-17(22)20-15-9-5-12(6-10-15)16-11-23-18(21-16)13-3-7-14(19)8-4-13/h3-11H,2H2,1H3,(H,20,22). The van der Waals surface area contributed by atoms with E-state index in [2.05, 4.69) is 38.8 Å². The van der Waals surface area contributed by atoms with Crippen LogP contribution in [0.15, 0.2) is 58.4 Å². The molecular formula is C18H15BrN2OS. The van der Waals surface area contributed by atoms with Crippen LogP contribution in [0, 0.1) is 0 Å². The van der Waals surface area contributed by atoms with Gasteiger partial charge in [0, 0.05) is 33.1 Å². The summed E-state index contributed by atoms with van der Waals surface area (Å²) in [6.07, 6.45) is 0.477. The number of halogens is 1. The summed E-state index contributed by atoms with van der Waals surface area (Å²) < 4.78 is 1.06. The van der Waals surface area contributed by atoms with Gasteiger partial charge in [-0.25, -0.2) is 4.98 Å². The molecule has 23 heavy (non-hydrogen) atoms. The highest BCUT2D eigenvalue weighted by atomic mass is 79.9. The van der Waals surface area contributed by atoms with E-state index >= 15 is 0 Å². The Morgan fingerprint density at radius 3 is 2.39 bits per heavy atom. The molecule has 0 radical (unpaired) electrons. The summed E-state index contributed by atoms with van der Waals surface area (Å²) in [7, 11) is 0. The maximum Gasteiger partial charge on any atom is 0.224 e. The Balaban J connectivity index is 1.80. The van der Waals surface area contributed by atoms with Gasteiger partial charge in [0.1, 0.15) is 5.01 Å². The first-order chi connectivity index (χ1) is 11.2. The fourth-order valence-corrected chi connectivity index (χ4v) is 3.20. The van der Waals surface area contributed by atoms with E-state index in [1.165, 1.54) is 0 Å². The number of aromatic nitrogens is 1. The van der Waals surface area contributed by atoms with Crippen molar-refractivity contribution in [3.05, 3.63) is 58.4 Å². The maximum absolute atomic E-state index is 11.4. The SMILES string of the molecule is CCC(=O)Nc1ccc(-c2csc(-c3ccc(Br)cc3)n2)cc1. The van der Waals surface area contributed by atoms with Gasteiger partial charge in [0.2, 0.25) is 5.91 Å². The molecule has 0 saturated carbocycles. The van der Waals surface area contributed by atoms with Crippen molar-refractivity contribution in [2.45, 2.75) is 13.3 Å². The molecule has 0 aliphatic heterocycles. The lowest BCUT2D eigenvalue weighted by molar-refractivity contribution is -0.115. The number of hydrogen-bond donors (Lipinski definition) is 1. The molecule has 2 aromatic carbocycles. The number of rotatable bonds is 4. The Morgan fingerprint density at radius 1 is 1.09 bits per heavy atom. The summed E-state index contributed by atoms with van der Waals surface area (Å²) in [5.74, 6) is 0.0175. The average Bonchev–Trinajstić information content (AvgIpc) is 3.06. The van der Waals surface area contributed by atoms with Gasteiger partial charge in [-0.3, -0.25) is 4.79 Å². The largest absolute Gasteiger partial charge is 0.326 e. The van der Waals surface area contributed by atoms with Crippen LogP contribution in [-0.4, -0.2) is 10.9 Å². The Labute approximate surface area is 147 Å². The number of anilines is 1. The Kier molecular flexibility index (Phi) is 4.88. The maximum atomic E-state index is 11.4. The van der Waals surface area contributed by atoms with Gasteiger partial charge in [-0.2, -0.15) is 0 Å². The van der Waals surface area contributed by atoms with E-state index < -0.39 is 0 Å². The molecule has 1 amide bonds. The van der Waals surface area contributed by atoms with Crippen molar-refractivity contribution in [3.63, 3.8) is 0 Å². The number of carbonyl (C=O) groups is 1. The molecule has 1 N–H and O–H groups in total. The average molecular weight is 387 g/mol. The zero-order chi connectivity index (χ0) is 16.2.